The predicted molar refractivity (Wildman–Crippen MR) is 60.3 cm³/mol. The van der Waals surface area contributed by atoms with E-state index in [1.54, 1.807) is 0 Å². The average molecular weight is 192 g/mol. The van der Waals surface area contributed by atoms with Crippen LogP contribution < -0.4 is 5.73 Å². The average Bonchev–Trinajstić information content (AvgIpc) is 2.10. The molecule has 0 aromatic carbocycles. The first kappa shape index (κ1) is 12.8. The third kappa shape index (κ3) is 4.71. The van der Waals surface area contributed by atoms with Gasteiger partial charge in [0.05, 0.1) is 12.0 Å². The lowest BCUT2D eigenvalue weighted by Gasteiger charge is -2.18. The summed E-state index contributed by atoms with van der Waals surface area (Å²) in [5.74, 6) is -0.000909. The highest BCUT2D eigenvalue weighted by Gasteiger charge is 2.12. The lowest BCUT2D eigenvalue weighted by Crippen LogP contribution is -2.16. The second-order valence-corrected chi connectivity index (χ2v) is 4.40. The zero-order chi connectivity index (χ0) is 11.2. The number of hydrogen-bond donors (Lipinski definition) is 1. The van der Waals surface area contributed by atoms with Gasteiger partial charge in [0, 0.05) is 11.1 Å². The Balaban J connectivity index is 4.36. The molecule has 0 amide bonds. The smallest absolute Gasteiger partial charge is 0.0697 e. The maximum atomic E-state index is 8.70. The summed E-state index contributed by atoms with van der Waals surface area (Å²) >= 11 is 0. The molecule has 0 heterocycles. The van der Waals surface area contributed by atoms with Crippen molar-refractivity contribution in [2.24, 2.45) is 17.1 Å². The summed E-state index contributed by atoms with van der Waals surface area (Å²) in [5.41, 5.74) is 6.68. The van der Waals surface area contributed by atoms with Crippen molar-refractivity contribution < 1.29 is 0 Å². The van der Waals surface area contributed by atoms with Crippen LogP contribution >= 0.6 is 0 Å². The maximum absolute atomic E-state index is 8.70. The van der Waals surface area contributed by atoms with Crippen LogP contribution in [-0.4, -0.2) is 0 Å². The quantitative estimate of drug-likeness (QED) is 0.699. The van der Waals surface area contributed by atoms with E-state index in [2.05, 4.69) is 26.8 Å². The highest BCUT2D eigenvalue weighted by atomic mass is 14.6. The minimum absolute atomic E-state index is 0.000909. The van der Waals surface area contributed by atoms with Crippen molar-refractivity contribution in [2.45, 2.75) is 34.1 Å². The van der Waals surface area contributed by atoms with Gasteiger partial charge in [0.1, 0.15) is 0 Å². The summed E-state index contributed by atoms with van der Waals surface area (Å²) in [4.78, 5) is 0. The van der Waals surface area contributed by atoms with Crippen LogP contribution in [0.25, 0.3) is 0 Å². The zero-order valence-electron chi connectivity index (χ0n) is 9.54. The molecule has 0 aliphatic carbocycles. The minimum Gasteiger partial charge on any atom is -0.402 e. The molecule has 0 aliphatic rings. The summed E-state index contributed by atoms with van der Waals surface area (Å²) in [6, 6.07) is 2.21. The Morgan fingerprint density at radius 2 is 2.07 bits per heavy atom. The Morgan fingerprint density at radius 1 is 1.50 bits per heavy atom. The summed E-state index contributed by atoms with van der Waals surface area (Å²) in [5, 5.41) is 8.70. The molecule has 0 rings (SSSR count). The second-order valence-electron chi connectivity index (χ2n) is 4.40. The van der Waals surface area contributed by atoms with E-state index in [4.69, 9.17) is 11.0 Å². The van der Waals surface area contributed by atoms with Crippen LogP contribution in [-0.2, 0) is 0 Å². The third-order valence-electron chi connectivity index (χ3n) is 2.09. The fraction of sp³-hybridized carbons (Fsp3) is 0.583. The molecule has 1 unspecified atom stereocenters. The molecule has 0 radical (unpaired) electrons. The van der Waals surface area contributed by atoms with E-state index in [0.29, 0.717) is 0 Å². The predicted octanol–water partition coefficient (Wildman–Crippen LogP) is 2.98. The first-order valence-electron chi connectivity index (χ1n) is 4.95. The van der Waals surface area contributed by atoms with Gasteiger partial charge in [0.25, 0.3) is 0 Å². The van der Waals surface area contributed by atoms with E-state index >= 15 is 0 Å². The van der Waals surface area contributed by atoms with Gasteiger partial charge in [-0.2, -0.15) is 5.26 Å². The molecule has 0 aliphatic heterocycles. The molecule has 0 bridgehead atoms. The van der Waals surface area contributed by atoms with Crippen molar-refractivity contribution in [3.8, 4) is 6.07 Å². The SMILES string of the molecule is CCC(C#N)/C=C\C=C(/N)C(C)(C)C. The normalized spacial score (nSPS) is 15.5. The molecule has 2 N–H and O–H groups in total. The molecule has 14 heavy (non-hydrogen) atoms. The standard InChI is InChI=1S/C12H20N2/c1-5-10(9-13)7-6-8-11(14)12(2,3)4/h6-8,10H,5,14H2,1-4H3/b7-6-,11-8-. The van der Waals surface area contributed by atoms with Crippen LogP contribution in [0.5, 0.6) is 0 Å². The molecule has 1 atom stereocenters. The highest BCUT2D eigenvalue weighted by Crippen LogP contribution is 2.20. The molecule has 0 fully saturated rings. The lowest BCUT2D eigenvalue weighted by atomic mass is 9.92. The Morgan fingerprint density at radius 3 is 2.43 bits per heavy atom. The van der Waals surface area contributed by atoms with Gasteiger partial charge in [-0.15, -0.1) is 0 Å². The van der Waals surface area contributed by atoms with Gasteiger partial charge in [-0.3, -0.25) is 0 Å². The minimum atomic E-state index is -0.00130. The van der Waals surface area contributed by atoms with Crippen molar-refractivity contribution in [1.29, 1.82) is 5.26 Å². The summed E-state index contributed by atoms with van der Waals surface area (Å²) in [6.07, 6.45) is 6.48. The van der Waals surface area contributed by atoms with Gasteiger partial charge in [0.2, 0.25) is 0 Å². The molecule has 0 saturated carbocycles. The molecule has 0 saturated heterocycles. The molecular weight excluding hydrogens is 172 g/mol. The molecule has 0 spiro atoms. The first-order valence-corrected chi connectivity index (χ1v) is 4.95. The fourth-order valence-electron chi connectivity index (χ4n) is 0.814. The van der Waals surface area contributed by atoms with Crippen LogP contribution in [0.1, 0.15) is 34.1 Å². The Labute approximate surface area is 87.1 Å². The number of nitrogens with two attached hydrogens (primary N) is 1. The van der Waals surface area contributed by atoms with Gasteiger partial charge in [-0.05, 0) is 12.5 Å². The van der Waals surface area contributed by atoms with Crippen molar-refractivity contribution >= 4 is 0 Å². The second kappa shape index (κ2) is 5.49. The van der Waals surface area contributed by atoms with Crippen molar-refractivity contribution in [3.05, 3.63) is 23.9 Å². The van der Waals surface area contributed by atoms with E-state index in [9.17, 15) is 0 Å². The Kier molecular flexibility index (Phi) is 5.01. The largest absolute Gasteiger partial charge is 0.402 e. The lowest BCUT2D eigenvalue weighted by molar-refractivity contribution is 0.497. The Hall–Kier alpha value is -1.23. The topological polar surface area (TPSA) is 49.8 Å². The first-order chi connectivity index (χ1) is 6.41. The summed E-state index contributed by atoms with van der Waals surface area (Å²) < 4.78 is 0. The van der Waals surface area contributed by atoms with Crippen LogP contribution in [0, 0.1) is 22.7 Å². The van der Waals surface area contributed by atoms with Gasteiger partial charge in [-0.25, -0.2) is 0 Å². The van der Waals surface area contributed by atoms with E-state index in [0.717, 1.165) is 12.1 Å². The number of nitrogens with zero attached hydrogens (tertiary/aromatic N) is 1. The molecule has 2 nitrogen and oxygen atoms in total. The number of hydrogen-bond acceptors (Lipinski definition) is 2. The summed E-state index contributed by atoms with van der Waals surface area (Å²) in [6.45, 7) is 8.19. The van der Waals surface area contributed by atoms with Crippen molar-refractivity contribution in [3.63, 3.8) is 0 Å². The molecule has 78 valence electrons. The van der Waals surface area contributed by atoms with Crippen LogP contribution in [0.15, 0.2) is 23.9 Å². The Bertz CT molecular complexity index is 261. The van der Waals surface area contributed by atoms with Crippen molar-refractivity contribution in [1.82, 2.24) is 0 Å². The van der Waals surface area contributed by atoms with Gasteiger partial charge in [-0.1, -0.05) is 39.8 Å². The van der Waals surface area contributed by atoms with E-state index in [1.165, 1.54) is 0 Å². The zero-order valence-corrected chi connectivity index (χ0v) is 9.54. The van der Waals surface area contributed by atoms with Gasteiger partial charge >= 0.3 is 0 Å². The number of rotatable bonds is 3. The van der Waals surface area contributed by atoms with E-state index in [-0.39, 0.29) is 11.3 Å². The monoisotopic (exact) mass is 192 g/mol. The van der Waals surface area contributed by atoms with Gasteiger partial charge in [0.15, 0.2) is 0 Å². The van der Waals surface area contributed by atoms with Crippen LogP contribution in [0.3, 0.4) is 0 Å². The molecule has 2 heteroatoms. The number of nitriles is 1. The van der Waals surface area contributed by atoms with E-state index in [1.807, 2.05) is 25.2 Å². The highest BCUT2D eigenvalue weighted by molar-refractivity contribution is 5.16. The van der Waals surface area contributed by atoms with E-state index < -0.39 is 0 Å². The maximum Gasteiger partial charge on any atom is 0.0697 e. The third-order valence-corrected chi connectivity index (χ3v) is 2.09. The fourth-order valence-corrected chi connectivity index (χ4v) is 0.814. The van der Waals surface area contributed by atoms with Gasteiger partial charge < -0.3 is 5.73 Å². The molecular formula is C12H20N2. The van der Waals surface area contributed by atoms with Crippen molar-refractivity contribution in [2.75, 3.05) is 0 Å². The number of allylic oxidation sites excluding steroid dienone is 4. The molecule has 0 aromatic rings. The summed E-state index contributed by atoms with van der Waals surface area (Å²) in [7, 11) is 0. The molecule has 0 aromatic heterocycles. The van der Waals surface area contributed by atoms with Crippen LogP contribution in [0.4, 0.5) is 0 Å². The van der Waals surface area contributed by atoms with Crippen LogP contribution in [0.2, 0.25) is 0 Å².